The van der Waals surface area contributed by atoms with Gasteiger partial charge in [0, 0.05) is 24.9 Å². The van der Waals surface area contributed by atoms with Crippen molar-refractivity contribution in [1.29, 1.82) is 0 Å². The number of benzene rings is 2. The Morgan fingerprint density at radius 2 is 1.90 bits per heavy atom. The quantitative estimate of drug-likeness (QED) is 0.676. The number of methoxy groups -OCH3 is 1. The number of carbonyl (C=O) groups is 2. The summed E-state index contributed by atoms with van der Waals surface area (Å²) in [5, 5.41) is 2.72. The van der Waals surface area contributed by atoms with Gasteiger partial charge in [-0.05, 0) is 49.4 Å². The number of amides is 1. The lowest BCUT2D eigenvalue weighted by Gasteiger charge is -2.27. The highest BCUT2D eigenvalue weighted by molar-refractivity contribution is 7.99. The molecule has 1 heterocycles. The maximum absolute atomic E-state index is 13.5. The van der Waals surface area contributed by atoms with Crippen LogP contribution in [0, 0.1) is 6.92 Å². The number of fused-ring (bicyclic) bond motifs is 1. The number of carbonyl (C=O) groups excluding carboxylic acids is 2. The predicted molar refractivity (Wildman–Crippen MR) is 122 cm³/mol. The minimum absolute atomic E-state index is 0. The number of anilines is 1. The van der Waals surface area contributed by atoms with Crippen molar-refractivity contribution in [2.45, 2.75) is 30.1 Å². The van der Waals surface area contributed by atoms with Crippen molar-refractivity contribution in [2.75, 3.05) is 32.1 Å². The molecule has 6 nitrogen and oxygen atoms in total. The zero-order chi connectivity index (χ0) is 21.0. The molecule has 2 unspecified atom stereocenters. The van der Waals surface area contributed by atoms with E-state index in [1.54, 1.807) is 23.8 Å². The molecule has 0 bridgehead atoms. The van der Waals surface area contributed by atoms with Gasteiger partial charge in [0.05, 0.1) is 18.0 Å². The molecule has 1 aliphatic rings. The summed E-state index contributed by atoms with van der Waals surface area (Å²) in [7, 11) is 3.45. The normalized spacial score (nSPS) is 18.1. The summed E-state index contributed by atoms with van der Waals surface area (Å²) in [6, 6.07) is 13.6. The maximum atomic E-state index is 13.5. The van der Waals surface area contributed by atoms with Gasteiger partial charge in [-0.15, -0.1) is 24.2 Å². The summed E-state index contributed by atoms with van der Waals surface area (Å²) in [5.74, 6) is 0.0409. The number of esters is 1. The van der Waals surface area contributed by atoms with Crippen molar-refractivity contribution in [1.82, 2.24) is 5.32 Å². The van der Waals surface area contributed by atoms with Crippen LogP contribution in [0.5, 0.6) is 5.75 Å². The van der Waals surface area contributed by atoms with E-state index >= 15 is 0 Å². The lowest BCUT2D eigenvalue weighted by molar-refractivity contribution is -0.152. The third-order valence-corrected chi connectivity index (χ3v) is 6.12. The minimum Gasteiger partial charge on any atom is -0.497 e. The van der Waals surface area contributed by atoms with Gasteiger partial charge in [0.2, 0.25) is 0 Å². The highest BCUT2D eigenvalue weighted by Gasteiger charge is 2.40. The second kappa shape index (κ2) is 10.7. The highest BCUT2D eigenvalue weighted by Crippen LogP contribution is 2.47. The monoisotopic (exact) mass is 450 g/mol. The van der Waals surface area contributed by atoms with Gasteiger partial charge in [0.25, 0.3) is 5.91 Å². The Kier molecular flexibility index (Phi) is 8.58. The molecule has 0 aromatic heterocycles. The Bertz CT molecular complexity index is 891. The number of hydrogen-bond donors (Lipinski definition) is 1. The van der Waals surface area contributed by atoms with Gasteiger partial charge in [0.1, 0.15) is 5.75 Å². The molecular formula is C22H27ClN2O4S. The van der Waals surface area contributed by atoms with Crippen LogP contribution < -0.4 is 15.0 Å². The average Bonchev–Trinajstić information content (AvgIpc) is 2.81. The van der Waals surface area contributed by atoms with Crippen LogP contribution in [-0.4, -0.2) is 45.2 Å². The van der Waals surface area contributed by atoms with E-state index < -0.39 is 12.1 Å². The van der Waals surface area contributed by atoms with Crippen LogP contribution in [0.15, 0.2) is 47.4 Å². The van der Waals surface area contributed by atoms with Crippen LogP contribution in [-0.2, 0) is 14.3 Å². The summed E-state index contributed by atoms with van der Waals surface area (Å²) in [5.41, 5.74) is 2.85. The van der Waals surface area contributed by atoms with Crippen molar-refractivity contribution in [2.24, 2.45) is 0 Å². The first kappa shape index (κ1) is 24.1. The fourth-order valence-electron chi connectivity index (χ4n) is 3.32. The Hall–Kier alpha value is -2.22. The van der Waals surface area contributed by atoms with Crippen LogP contribution in [0.4, 0.5) is 5.69 Å². The first-order valence-corrected chi connectivity index (χ1v) is 10.4. The Labute approximate surface area is 187 Å². The van der Waals surface area contributed by atoms with E-state index in [4.69, 9.17) is 9.47 Å². The average molecular weight is 451 g/mol. The molecule has 2 aromatic rings. The number of nitrogens with one attached hydrogen (secondary N) is 1. The number of likely N-dealkylation sites (N-methyl/N-ethyl adjacent to an activating group) is 1. The fourth-order valence-corrected chi connectivity index (χ4v) is 4.74. The summed E-state index contributed by atoms with van der Waals surface area (Å²) >= 11 is 1.55. The first-order valence-electron chi connectivity index (χ1n) is 9.49. The Balaban J connectivity index is 0.00000320. The summed E-state index contributed by atoms with van der Waals surface area (Å²) in [4.78, 5) is 28.1. The van der Waals surface area contributed by atoms with E-state index in [2.05, 4.69) is 11.4 Å². The van der Waals surface area contributed by atoms with Gasteiger partial charge < -0.3 is 19.7 Å². The molecule has 2 atom stereocenters. The molecular weight excluding hydrogens is 424 g/mol. The largest absolute Gasteiger partial charge is 0.497 e. The lowest BCUT2D eigenvalue weighted by Crippen LogP contribution is -2.45. The van der Waals surface area contributed by atoms with Crippen LogP contribution >= 0.6 is 24.2 Å². The summed E-state index contributed by atoms with van der Waals surface area (Å²) in [6.07, 6.45) is -0.921. The van der Waals surface area contributed by atoms with Crippen LogP contribution in [0.2, 0.25) is 0 Å². The van der Waals surface area contributed by atoms with Gasteiger partial charge in [-0.25, -0.2) is 0 Å². The molecule has 0 fully saturated rings. The van der Waals surface area contributed by atoms with E-state index in [1.165, 1.54) is 6.92 Å². The molecule has 0 saturated heterocycles. The maximum Gasteiger partial charge on any atom is 0.303 e. The second-order valence-electron chi connectivity index (χ2n) is 6.91. The standard InChI is InChI=1S/C22H26N2O4S.ClH/c1-14-5-10-18-19(13-14)29-21(16-6-8-17(27-4)9-7-16)20(28-15(2)25)22(26)24(18)12-11-23-3;/h5-10,13,20-21,23H,11-12H2,1-4H3;1H. The zero-order valence-corrected chi connectivity index (χ0v) is 19.1. The van der Waals surface area contributed by atoms with Crippen LogP contribution in [0.25, 0.3) is 0 Å². The number of aryl methyl sites for hydroxylation is 1. The fraction of sp³-hybridized carbons (Fsp3) is 0.364. The number of ether oxygens (including phenoxy) is 2. The second-order valence-corrected chi connectivity index (χ2v) is 8.09. The van der Waals surface area contributed by atoms with Crippen molar-refractivity contribution in [3.8, 4) is 5.75 Å². The molecule has 1 N–H and O–H groups in total. The van der Waals surface area contributed by atoms with Gasteiger partial charge in [-0.1, -0.05) is 18.2 Å². The van der Waals surface area contributed by atoms with Crippen molar-refractivity contribution in [3.63, 3.8) is 0 Å². The highest BCUT2D eigenvalue weighted by atomic mass is 35.5. The van der Waals surface area contributed by atoms with Crippen LogP contribution in [0.1, 0.15) is 23.3 Å². The minimum atomic E-state index is -0.921. The Morgan fingerprint density at radius 3 is 2.50 bits per heavy atom. The molecule has 1 aliphatic heterocycles. The molecule has 8 heteroatoms. The van der Waals surface area contributed by atoms with E-state index in [1.807, 2.05) is 50.4 Å². The van der Waals surface area contributed by atoms with E-state index in [0.29, 0.717) is 13.1 Å². The summed E-state index contributed by atoms with van der Waals surface area (Å²) < 4.78 is 10.8. The molecule has 162 valence electrons. The predicted octanol–water partition coefficient (Wildman–Crippen LogP) is 3.76. The zero-order valence-electron chi connectivity index (χ0n) is 17.5. The molecule has 0 aliphatic carbocycles. The van der Waals surface area contributed by atoms with Crippen molar-refractivity contribution < 1.29 is 19.1 Å². The van der Waals surface area contributed by atoms with Crippen molar-refractivity contribution >= 4 is 41.7 Å². The van der Waals surface area contributed by atoms with Crippen LogP contribution in [0.3, 0.4) is 0 Å². The third-order valence-electron chi connectivity index (χ3n) is 4.77. The molecule has 0 radical (unpaired) electrons. The third kappa shape index (κ3) is 5.28. The number of hydrogen-bond acceptors (Lipinski definition) is 6. The Morgan fingerprint density at radius 1 is 1.20 bits per heavy atom. The van der Waals surface area contributed by atoms with E-state index in [0.717, 1.165) is 27.5 Å². The topological polar surface area (TPSA) is 67.9 Å². The van der Waals surface area contributed by atoms with Crippen molar-refractivity contribution in [3.05, 3.63) is 53.6 Å². The first-order chi connectivity index (χ1) is 13.9. The number of halogens is 1. The van der Waals surface area contributed by atoms with Gasteiger partial charge >= 0.3 is 5.97 Å². The molecule has 30 heavy (non-hydrogen) atoms. The van der Waals surface area contributed by atoms with E-state index in [-0.39, 0.29) is 23.6 Å². The number of thioether (sulfide) groups is 1. The molecule has 2 aromatic carbocycles. The smallest absolute Gasteiger partial charge is 0.303 e. The van der Waals surface area contributed by atoms with E-state index in [9.17, 15) is 9.59 Å². The lowest BCUT2D eigenvalue weighted by atomic mass is 10.1. The van der Waals surface area contributed by atoms with Gasteiger partial charge in [-0.2, -0.15) is 0 Å². The molecule has 0 saturated carbocycles. The molecule has 1 amide bonds. The molecule has 3 rings (SSSR count). The molecule has 0 spiro atoms. The van der Waals surface area contributed by atoms with Gasteiger partial charge in [0.15, 0.2) is 6.10 Å². The number of rotatable bonds is 6. The SMILES string of the molecule is CNCCN1C(=O)C(OC(C)=O)C(c2ccc(OC)cc2)Sc2cc(C)ccc21.Cl. The summed E-state index contributed by atoms with van der Waals surface area (Å²) in [6.45, 7) is 4.48. The number of nitrogens with zero attached hydrogens (tertiary/aromatic N) is 1. The van der Waals surface area contributed by atoms with Gasteiger partial charge in [-0.3, -0.25) is 9.59 Å².